The SMILES string of the molecule is NCC1CCOc2cnccc21. The van der Waals surface area contributed by atoms with Gasteiger partial charge in [-0.15, -0.1) is 0 Å². The summed E-state index contributed by atoms with van der Waals surface area (Å²) in [6.45, 7) is 1.46. The zero-order valence-electron chi connectivity index (χ0n) is 6.86. The highest BCUT2D eigenvalue weighted by molar-refractivity contribution is 5.34. The summed E-state index contributed by atoms with van der Waals surface area (Å²) in [7, 11) is 0. The maximum Gasteiger partial charge on any atom is 0.141 e. The Kier molecular flexibility index (Phi) is 1.96. The van der Waals surface area contributed by atoms with Gasteiger partial charge in [0.1, 0.15) is 5.75 Å². The van der Waals surface area contributed by atoms with Crippen molar-refractivity contribution in [2.24, 2.45) is 5.73 Å². The van der Waals surface area contributed by atoms with Crippen LogP contribution in [0.2, 0.25) is 0 Å². The van der Waals surface area contributed by atoms with Crippen molar-refractivity contribution in [3.05, 3.63) is 24.0 Å². The molecule has 1 aromatic rings. The van der Waals surface area contributed by atoms with Gasteiger partial charge in [0.25, 0.3) is 0 Å². The van der Waals surface area contributed by atoms with E-state index in [-0.39, 0.29) is 0 Å². The molecule has 1 aliphatic rings. The molecule has 0 fully saturated rings. The van der Waals surface area contributed by atoms with Gasteiger partial charge in [-0.25, -0.2) is 0 Å². The van der Waals surface area contributed by atoms with Crippen molar-refractivity contribution in [2.75, 3.05) is 13.2 Å². The first kappa shape index (κ1) is 7.55. The van der Waals surface area contributed by atoms with Gasteiger partial charge in [0.05, 0.1) is 12.8 Å². The summed E-state index contributed by atoms with van der Waals surface area (Å²) in [6, 6.07) is 1.99. The van der Waals surface area contributed by atoms with Crippen molar-refractivity contribution in [1.82, 2.24) is 4.98 Å². The lowest BCUT2D eigenvalue weighted by atomic mass is 9.95. The summed E-state index contributed by atoms with van der Waals surface area (Å²) in [6.07, 6.45) is 4.57. The maximum absolute atomic E-state index is 5.64. The molecule has 0 aromatic carbocycles. The van der Waals surface area contributed by atoms with Crippen LogP contribution in [0.3, 0.4) is 0 Å². The summed E-state index contributed by atoms with van der Waals surface area (Å²) >= 11 is 0. The lowest BCUT2D eigenvalue weighted by molar-refractivity contribution is 0.267. The van der Waals surface area contributed by atoms with Gasteiger partial charge in [-0.3, -0.25) is 4.98 Å². The zero-order chi connectivity index (χ0) is 8.39. The molecule has 0 radical (unpaired) electrons. The Labute approximate surface area is 71.6 Å². The Morgan fingerprint density at radius 2 is 2.58 bits per heavy atom. The lowest BCUT2D eigenvalue weighted by Crippen LogP contribution is -2.20. The molecule has 0 bridgehead atoms. The normalized spacial score (nSPS) is 21.2. The van der Waals surface area contributed by atoms with E-state index in [4.69, 9.17) is 10.5 Å². The van der Waals surface area contributed by atoms with E-state index in [9.17, 15) is 0 Å². The fourth-order valence-electron chi connectivity index (χ4n) is 1.56. The van der Waals surface area contributed by atoms with E-state index in [1.165, 1.54) is 5.56 Å². The molecule has 0 spiro atoms. The van der Waals surface area contributed by atoms with Crippen LogP contribution in [0.4, 0.5) is 0 Å². The van der Waals surface area contributed by atoms with E-state index in [0.29, 0.717) is 12.5 Å². The third kappa shape index (κ3) is 1.16. The number of fused-ring (bicyclic) bond motifs is 1. The van der Waals surface area contributed by atoms with Gasteiger partial charge in [-0.1, -0.05) is 0 Å². The number of aromatic nitrogens is 1. The Balaban J connectivity index is 2.37. The van der Waals surface area contributed by atoms with E-state index >= 15 is 0 Å². The predicted molar refractivity (Wildman–Crippen MR) is 46.1 cm³/mol. The molecule has 1 aromatic heterocycles. The maximum atomic E-state index is 5.64. The van der Waals surface area contributed by atoms with Crippen LogP contribution in [0.15, 0.2) is 18.5 Å². The van der Waals surface area contributed by atoms with Gasteiger partial charge in [0.15, 0.2) is 0 Å². The molecule has 1 atom stereocenters. The third-order valence-electron chi connectivity index (χ3n) is 2.26. The van der Waals surface area contributed by atoms with Gasteiger partial charge in [-0.2, -0.15) is 0 Å². The molecule has 1 unspecified atom stereocenters. The van der Waals surface area contributed by atoms with Gasteiger partial charge >= 0.3 is 0 Å². The fraction of sp³-hybridized carbons (Fsp3) is 0.444. The van der Waals surface area contributed by atoms with E-state index < -0.39 is 0 Å². The van der Waals surface area contributed by atoms with Crippen molar-refractivity contribution < 1.29 is 4.74 Å². The van der Waals surface area contributed by atoms with Crippen LogP contribution in [0.25, 0.3) is 0 Å². The summed E-state index contributed by atoms with van der Waals surface area (Å²) in [5.41, 5.74) is 6.85. The molecule has 12 heavy (non-hydrogen) atoms. The minimum atomic E-state index is 0.455. The fourth-order valence-corrected chi connectivity index (χ4v) is 1.56. The van der Waals surface area contributed by atoms with Crippen LogP contribution in [-0.2, 0) is 0 Å². The van der Waals surface area contributed by atoms with Gasteiger partial charge in [0.2, 0.25) is 0 Å². The highest BCUT2D eigenvalue weighted by Gasteiger charge is 2.19. The van der Waals surface area contributed by atoms with Gasteiger partial charge < -0.3 is 10.5 Å². The van der Waals surface area contributed by atoms with Crippen molar-refractivity contribution in [2.45, 2.75) is 12.3 Å². The number of pyridine rings is 1. The molecule has 0 saturated heterocycles. The van der Waals surface area contributed by atoms with Crippen LogP contribution >= 0.6 is 0 Å². The molecule has 64 valence electrons. The summed E-state index contributed by atoms with van der Waals surface area (Å²) in [4.78, 5) is 4.00. The Morgan fingerprint density at radius 1 is 1.67 bits per heavy atom. The molecule has 2 heterocycles. The molecule has 1 aliphatic heterocycles. The zero-order valence-corrected chi connectivity index (χ0v) is 6.86. The molecule has 3 nitrogen and oxygen atoms in total. The molecule has 0 aliphatic carbocycles. The van der Waals surface area contributed by atoms with Crippen molar-refractivity contribution in [3.63, 3.8) is 0 Å². The average Bonchev–Trinajstić information content (AvgIpc) is 2.17. The average molecular weight is 164 g/mol. The molecule has 2 rings (SSSR count). The number of rotatable bonds is 1. The highest BCUT2D eigenvalue weighted by Crippen LogP contribution is 2.31. The van der Waals surface area contributed by atoms with Gasteiger partial charge in [-0.05, 0) is 19.0 Å². The molecular weight excluding hydrogens is 152 g/mol. The molecule has 2 N–H and O–H groups in total. The van der Waals surface area contributed by atoms with E-state index in [0.717, 1.165) is 18.8 Å². The van der Waals surface area contributed by atoms with Crippen LogP contribution < -0.4 is 10.5 Å². The van der Waals surface area contributed by atoms with E-state index in [1.807, 2.05) is 6.07 Å². The largest absolute Gasteiger partial charge is 0.492 e. The first-order valence-electron chi connectivity index (χ1n) is 4.18. The second-order valence-corrected chi connectivity index (χ2v) is 2.98. The predicted octanol–water partition coefficient (Wildman–Crippen LogP) is 0.906. The Bertz CT molecular complexity index is 275. The monoisotopic (exact) mass is 164 g/mol. The standard InChI is InChI=1S/C9H12N2O/c10-5-7-2-4-12-9-6-11-3-1-8(7)9/h1,3,6-7H,2,4-5,10H2. The number of hydrogen-bond donors (Lipinski definition) is 1. The first-order valence-corrected chi connectivity index (χ1v) is 4.18. The quantitative estimate of drug-likeness (QED) is 0.671. The van der Waals surface area contributed by atoms with Crippen molar-refractivity contribution >= 4 is 0 Å². The third-order valence-corrected chi connectivity index (χ3v) is 2.26. The molecule has 0 saturated carbocycles. The topological polar surface area (TPSA) is 48.1 Å². The minimum Gasteiger partial charge on any atom is -0.492 e. The summed E-state index contributed by atoms with van der Waals surface area (Å²) < 4.78 is 5.44. The first-order chi connectivity index (χ1) is 5.92. The van der Waals surface area contributed by atoms with E-state index in [2.05, 4.69) is 4.98 Å². The second kappa shape index (κ2) is 3.11. The number of nitrogens with zero attached hydrogens (tertiary/aromatic N) is 1. The Hall–Kier alpha value is -1.09. The number of nitrogens with two attached hydrogens (primary N) is 1. The highest BCUT2D eigenvalue weighted by atomic mass is 16.5. The van der Waals surface area contributed by atoms with Gasteiger partial charge in [0, 0.05) is 17.7 Å². The smallest absolute Gasteiger partial charge is 0.141 e. The second-order valence-electron chi connectivity index (χ2n) is 2.98. The van der Waals surface area contributed by atoms with Crippen LogP contribution in [0.5, 0.6) is 5.75 Å². The number of ether oxygens (including phenoxy) is 1. The number of hydrogen-bond acceptors (Lipinski definition) is 3. The van der Waals surface area contributed by atoms with Crippen molar-refractivity contribution in [3.8, 4) is 5.75 Å². The van der Waals surface area contributed by atoms with Crippen molar-refractivity contribution in [1.29, 1.82) is 0 Å². The van der Waals surface area contributed by atoms with Crippen LogP contribution in [0.1, 0.15) is 17.9 Å². The molecular formula is C9H12N2O. The molecule has 3 heteroatoms. The minimum absolute atomic E-state index is 0.455. The summed E-state index contributed by atoms with van der Waals surface area (Å²) in [5, 5.41) is 0. The van der Waals surface area contributed by atoms with Crippen LogP contribution in [0, 0.1) is 0 Å². The molecule has 0 amide bonds. The lowest BCUT2D eigenvalue weighted by Gasteiger charge is -2.23. The van der Waals surface area contributed by atoms with E-state index in [1.54, 1.807) is 12.4 Å². The summed E-state index contributed by atoms with van der Waals surface area (Å²) in [5.74, 6) is 1.36. The Morgan fingerprint density at radius 3 is 3.42 bits per heavy atom. The van der Waals surface area contributed by atoms with Crippen LogP contribution in [-0.4, -0.2) is 18.1 Å².